The van der Waals surface area contributed by atoms with E-state index in [1.54, 1.807) is 24.3 Å². The highest BCUT2D eigenvalue weighted by Crippen LogP contribution is 2.31. The van der Waals surface area contributed by atoms with Crippen molar-refractivity contribution >= 4 is 51.5 Å². The monoisotopic (exact) mass is 288 g/mol. The molecule has 0 amide bonds. The summed E-state index contributed by atoms with van der Waals surface area (Å²) in [6.45, 7) is 0. The van der Waals surface area contributed by atoms with Gasteiger partial charge < -0.3 is 4.74 Å². The summed E-state index contributed by atoms with van der Waals surface area (Å²) in [5.74, 6) is -0.483. The fourth-order valence-corrected chi connectivity index (χ4v) is 2.13. The van der Waals surface area contributed by atoms with E-state index < -0.39 is 5.97 Å². The molecule has 0 aromatic heterocycles. The van der Waals surface area contributed by atoms with Crippen molar-refractivity contribution < 1.29 is 9.53 Å². The molecular formula is C12H7Cl3O2. The number of benzene rings is 2. The third-order valence-corrected chi connectivity index (χ3v) is 3.41. The first-order valence-corrected chi connectivity index (χ1v) is 5.83. The zero-order chi connectivity index (χ0) is 12.6. The van der Waals surface area contributed by atoms with Crippen LogP contribution in [0, 0.1) is 0 Å². The number of rotatable bonds is 1. The molecule has 5 heteroatoms. The third-order valence-electron chi connectivity index (χ3n) is 2.37. The first-order valence-electron chi connectivity index (χ1n) is 4.69. The van der Waals surface area contributed by atoms with Crippen molar-refractivity contribution in [2.75, 3.05) is 7.11 Å². The van der Waals surface area contributed by atoms with Gasteiger partial charge in [-0.2, -0.15) is 0 Å². The van der Waals surface area contributed by atoms with Gasteiger partial charge >= 0.3 is 5.97 Å². The number of hydrogen-bond acceptors (Lipinski definition) is 2. The van der Waals surface area contributed by atoms with Crippen LogP contribution in [-0.2, 0) is 4.74 Å². The lowest BCUT2D eigenvalue weighted by molar-refractivity contribution is 0.0601. The summed E-state index contributed by atoms with van der Waals surface area (Å²) in [6, 6.07) is 6.67. The van der Waals surface area contributed by atoms with E-state index in [4.69, 9.17) is 34.8 Å². The summed E-state index contributed by atoms with van der Waals surface area (Å²) >= 11 is 17.8. The van der Waals surface area contributed by atoms with E-state index in [0.29, 0.717) is 20.6 Å². The van der Waals surface area contributed by atoms with Gasteiger partial charge in [-0.15, -0.1) is 0 Å². The predicted octanol–water partition coefficient (Wildman–Crippen LogP) is 4.59. The molecule has 0 saturated carbocycles. The molecule has 0 unspecified atom stereocenters. The maximum absolute atomic E-state index is 11.5. The van der Waals surface area contributed by atoms with Crippen LogP contribution in [0.25, 0.3) is 10.8 Å². The Labute approximate surface area is 113 Å². The van der Waals surface area contributed by atoms with Crippen molar-refractivity contribution in [2.24, 2.45) is 0 Å². The molecule has 0 heterocycles. The summed E-state index contributed by atoms with van der Waals surface area (Å²) in [5.41, 5.74) is 0.306. The molecule has 0 spiro atoms. The number of hydrogen-bond donors (Lipinski definition) is 0. The standard InChI is InChI=1S/C12H7Cl3O2/c1-17-12(16)8-2-6-4-10(14)11(15)5-7(6)3-9(8)13/h2-5H,1H3. The number of carbonyl (C=O) groups excluding carboxylic acids is 1. The van der Waals surface area contributed by atoms with Crippen molar-refractivity contribution in [1.82, 2.24) is 0 Å². The highest BCUT2D eigenvalue weighted by Gasteiger charge is 2.12. The molecule has 0 atom stereocenters. The highest BCUT2D eigenvalue weighted by atomic mass is 35.5. The Bertz CT molecular complexity index is 608. The van der Waals surface area contributed by atoms with E-state index in [0.717, 1.165) is 10.8 Å². The topological polar surface area (TPSA) is 26.3 Å². The first-order chi connectivity index (χ1) is 8.02. The Balaban J connectivity index is 2.71. The molecule has 0 bridgehead atoms. The average Bonchev–Trinajstić information content (AvgIpc) is 2.30. The van der Waals surface area contributed by atoms with Crippen LogP contribution in [0.5, 0.6) is 0 Å². The number of fused-ring (bicyclic) bond motifs is 1. The molecular weight excluding hydrogens is 282 g/mol. The maximum atomic E-state index is 11.5. The van der Waals surface area contributed by atoms with Crippen LogP contribution in [-0.4, -0.2) is 13.1 Å². The van der Waals surface area contributed by atoms with Crippen LogP contribution in [0.3, 0.4) is 0 Å². The molecule has 88 valence electrons. The molecule has 0 saturated heterocycles. The predicted molar refractivity (Wildman–Crippen MR) is 70.3 cm³/mol. The second-order valence-electron chi connectivity index (χ2n) is 3.44. The van der Waals surface area contributed by atoms with Gasteiger partial charge in [-0.05, 0) is 35.0 Å². The van der Waals surface area contributed by atoms with E-state index >= 15 is 0 Å². The van der Waals surface area contributed by atoms with E-state index in [1.165, 1.54) is 7.11 Å². The molecule has 2 rings (SSSR count). The lowest BCUT2D eigenvalue weighted by Gasteiger charge is -2.06. The minimum Gasteiger partial charge on any atom is -0.465 e. The highest BCUT2D eigenvalue weighted by molar-refractivity contribution is 6.43. The van der Waals surface area contributed by atoms with Crippen molar-refractivity contribution in [1.29, 1.82) is 0 Å². The van der Waals surface area contributed by atoms with Gasteiger partial charge in [0.2, 0.25) is 0 Å². The van der Waals surface area contributed by atoms with Crippen molar-refractivity contribution in [2.45, 2.75) is 0 Å². The zero-order valence-corrected chi connectivity index (χ0v) is 11.0. The smallest absolute Gasteiger partial charge is 0.339 e. The molecule has 2 nitrogen and oxygen atoms in total. The fraction of sp³-hybridized carbons (Fsp3) is 0.0833. The number of carbonyl (C=O) groups is 1. The Morgan fingerprint density at radius 3 is 1.94 bits per heavy atom. The van der Waals surface area contributed by atoms with Gasteiger partial charge in [0.05, 0.1) is 27.7 Å². The van der Waals surface area contributed by atoms with Crippen LogP contribution < -0.4 is 0 Å². The number of halogens is 3. The fourth-order valence-electron chi connectivity index (χ4n) is 1.53. The minimum atomic E-state index is -0.483. The Kier molecular flexibility index (Phi) is 3.48. The lowest BCUT2D eigenvalue weighted by atomic mass is 10.1. The third kappa shape index (κ3) is 2.34. The SMILES string of the molecule is COC(=O)c1cc2cc(Cl)c(Cl)cc2cc1Cl. The van der Waals surface area contributed by atoms with Crippen LogP contribution in [0.2, 0.25) is 15.1 Å². The number of esters is 1. The first kappa shape index (κ1) is 12.5. The Morgan fingerprint density at radius 1 is 0.941 bits per heavy atom. The van der Waals surface area contributed by atoms with Crippen LogP contribution >= 0.6 is 34.8 Å². The van der Waals surface area contributed by atoms with Gasteiger partial charge in [0.25, 0.3) is 0 Å². The lowest BCUT2D eigenvalue weighted by Crippen LogP contribution is -2.01. The van der Waals surface area contributed by atoms with Crippen molar-refractivity contribution in [3.8, 4) is 0 Å². The second-order valence-corrected chi connectivity index (χ2v) is 4.66. The van der Waals surface area contributed by atoms with E-state index in [2.05, 4.69) is 4.74 Å². The molecule has 17 heavy (non-hydrogen) atoms. The molecule has 2 aromatic rings. The molecule has 0 aliphatic carbocycles. The van der Waals surface area contributed by atoms with Gasteiger partial charge in [-0.1, -0.05) is 34.8 Å². The summed E-state index contributed by atoms with van der Waals surface area (Å²) in [5, 5.41) is 2.79. The average molecular weight is 290 g/mol. The van der Waals surface area contributed by atoms with Gasteiger partial charge in [0.1, 0.15) is 0 Å². The second kappa shape index (κ2) is 4.73. The van der Waals surface area contributed by atoms with Crippen molar-refractivity contribution in [3.05, 3.63) is 44.9 Å². The van der Waals surface area contributed by atoms with Gasteiger partial charge in [-0.3, -0.25) is 0 Å². The normalized spacial score (nSPS) is 10.6. The molecule has 0 aliphatic rings. The number of methoxy groups -OCH3 is 1. The zero-order valence-electron chi connectivity index (χ0n) is 8.76. The van der Waals surface area contributed by atoms with Gasteiger partial charge in [-0.25, -0.2) is 4.79 Å². The van der Waals surface area contributed by atoms with Crippen LogP contribution in [0.15, 0.2) is 24.3 Å². The molecule has 2 aromatic carbocycles. The summed E-state index contributed by atoms with van der Waals surface area (Å²) in [7, 11) is 1.30. The molecule has 0 radical (unpaired) electrons. The summed E-state index contributed by atoms with van der Waals surface area (Å²) < 4.78 is 4.64. The van der Waals surface area contributed by atoms with E-state index in [1.807, 2.05) is 0 Å². The van der Waals surface area contributed by atoms with Crippen molar-refractivity contribution in [3.63, 3.8) is 0 Å². The van der Waals surface area contributed by atoms with Gasteiger partial charge in [0, 0.05) is 0 Å². The maximum Gasteiger partial charge on any atom is 0.339 e. The molecule has 0 aliphatic heterocycles. The van der Waals surface area contributed by atoms with Crippen LogP contribution in [0.4, 0.5) is 0 Å². The number of ether oxygens (including phenoxy) is 1. The Morgan fingerprint density at radius 2 is 1.41 bits per heavy atom. The summed E-state index contributed by atoms with van der Waals surface area (Å²) in [4.78, 5) is 11.5. The molecule has 0 N–H and O–H groups in total. The van der Waals surface area contributed by atoms with Crippen LogP contribution in [0.1, 0.15) is 10.4 Å². The Hall–Kier alpha value is -0.960. The largest absolute Gasteiger partial charge is 0.465 e. The van der Waals surface area contributed by atoms with E-state index in [9.17, 15) is 4.79 Å². The minimum absolute atomic E-state index is 0.306. The quantitative estimate of drug-likeness (QED) is 0.718. The van der Waals surface area contributed by atoms with E-state index in [-0.39, 0.29) is 0 Å². The molecule has 0 fully saturated rings. The summed E-state index contributed by atoms with van der Waals surface area (Å²) in [6.07, 6.45) is 0. The van der Waals surface area contributed by atoms with Gasteiger partial charge in [0.15, 0.2) is 0 Å².